The van der Waals surface area contributed by atoms with Gasteiger partial charge in [-0.25, -0.2) is 0 Å². The van der Waals surface area contributed by atoms with E-state index in [9.17, 15) is 9.59 Å². The van der Waals surface area contributed by atoms with Gasteiger partial charge in [0.15, 0.2) is 6.10 Å². The van der Waals surface area contributed by atoms with Gasteiger partial charge >= 0.3 is 0 Å². The summed E-state index contributed by atoms with van der Waals surface area (Å²) in [5.74, 6) is 0.608. The molecule has 2 amide bonds. The van der Waals surface area contributed by atoms with E-state index in [1.54, 1.807) is 11.8 Å². The number of aryl methyl sites for hydroxylation is 1. The SMILES string of the molecule is Cc1cccc(C2c3cc(OC(C)C(=O)N4CCOCC4)ccc3CCN2C(=O)c2ccccc2)c1. The summed E-state index contributed by atoms with van der Waals surface area (Å²) >= 11 is 0. The summed E-state index contributed by atoms with van der Waals surface area (Å²) in [6.45, 7) is 6.77. The fourth-order valence-corrected chi connectivity index (χ4v) is 5.13. The van der Waals surface area contributed by atoms with Gasteiger partial charge in [0.2, 0.25) is 0 Å². The number of fused-ring (bicyclic) bond motifs is 1. The number of hydrogen-bond donors (Lipinski definition) is 0. The van der Waals surface area contributed by atoms with Crippen LogP contribution in [0.3, 0.4) is 0 Å². The highest BCUT2D eigenvalue weighted by Gasteiger charge is 2.33. The molecule has 5 rings (SSSR count). The number of rotatable bonds is 5. The minimum Gasteiger partial charge on any atom is -0.481 e. The van der Waals surface area contributed by atoms with Crippen LogP contribution >= 0.6 is 0 Å². The zero-order chi connectivity index (χ0) is 25.1. The molecular weight excluding hydrogens is 452 g/mol. The molecule has 2 unspecified atom stereocenters. The van der Waals surface area contributed by atoms with Gasteiger partial charge in [-0.1, -0.05) is 54.1 Å². The van der Waals surface area contributed by atoms with Gasteiger partial charge in [0.05, 0.1) is 19.3 Å². The van der Waals surface area contributed by atoms with Crippen molar-refractivity contribution in [2.24, 2.45) is 0 Å². The second kappa shape index (κ2) is 10.5. The molecular formula is C30H32N2O4. The summed E-state index contributed by atoms with van der Waals surface area (Å²) in [5.41, 5.74) is 5.12. The van der Waals surface area contributed by atoms with Crippen molar-refractivity contribution in [3.63, 3.8) is 0 Å². The molecule has 2 aliphatic rings. The number of nitrogens with zero attached hydrogens (tertiary/aromatic N) is 2. The molecule has 3 aromatic rings. The highest BCUT2D eigenvalue weighted by Crippen LogP contribution is 2.38. The van der Waals surface area contributed by atoms with E-state index in [1.807, 2.05) is 53.4 Å². The Kier molecular flexibility index (Phi) is 7.05. The van der Waals surface area contributed by atoms with E-state index < -0.39 is 6.10 Å². The van der Waals surface area contributed by atoms with Crippen LogP contribution in [0.15, 0.2) is 72.8 Å². The van der Waals surface area contributed by atoms with Crippen LogP contribution in [0.1, 0.15) is 45.6 Å². The van der Waals surface area contributed by atoms with Crippen LogP contribution in [0.5, 0.6) is 5.75 Å². The van der Waals surface area contributed by atoms with Crippen molar-refractivity contribution >= 4 is 11.8 Å². The summed E-state index contributed by atoms with van der Waals surface area (Å²) in [6.07, 6.45) is 0.155. The van der Waals surface area contributed by atoms with Crippen molar-refractivity contribution in [1.29, 1.82) is 0 Å². The van der Waals surface area contributed by atoms with E-state index in [-0.39, 0.29) is 17.9 Å². The number of benzene rings is 3. The van der Waals surface area contributed by atoms with Crippen LogP contribution in [-0.4, -0.2) is 60.6 Å². The third-order valence-corrected chi connectivity index (χ3v) is 6.97. The quantitative estimate of drug-likeness (QED) is 0.538. The topological polar surface area (TPSA) is 59.1 Å². The van der Waals surface area contributed by atoms with Crippen molar-refractivity contribution in [3.8, 4) is 5.75 Å². The Morgan fingerprint density at radius 1 is 0.944 bits per heavy atom. The molecule has 1 saturated heterocycles. The zero-order valence-corrected chi connectivity index (χ0v) is 20.9. The normalized spacial score (nSPS) is 18.3. The lowest BCUT2D eigenvalue weighted by atomic mass is 9.87. The largest absolute Gasteiger partial charge is 0.481 e. The van der Waals surface area contributed by atoms with Gasteiger partial charge in [0.25, 0.3) is 11.8 Å². The second-order valence-corrected chi connectivity index (χ2v) is 9.49. The number of hydrogen-bond acceptors (Lipinski definition) is 4. The summed E-state index contributed by atoms with van der Waals surface area (Å²) in [6, 6.07) is 23.5. The van der Waals surface area contributed by atoms with Crippen molar-refractivity contribution in [2.45, 2.75) is 32.4 Å². The van der Waals surface area contributed by atoms with Gasteiger partial charge < -0.3 is 19.3 Å². The predicted octanol–water partition coefficient (Wildman–Crippen LogP) is 4.41. The van der Waals surface area contributed by atoms with Crippen molar-refractivity contribution in [1.82, 2.24) is 9.80 Å². The van der Waals surface area contributed by atoms with Crippen LogP contribution in [0.2, 0.25) is 0 Å². The Bertz CT molecular complexity index is 1240. The molecule has 3 aromatic carbocycles. The van der Waals surface area contributed by atoms with Gasteiger partial charge in [0, 0.05) is 25.2 Å². The van der Waals surface area contributed by atoms with Crippen molar-refractivity contribution in [3.05, 3.63) is 101 Å². The molecule has 2 aliphatic heterocycles. The molecule has 1 fully saturated rings. The fourth-order valence-electron chi connectivity index (χ4n) is 5.13. The lowest BCUT2D eigenvalue weighted by molar-refractivity contribution is -0.142. The maximum Gasteiger partial charge on any atom is 0.263 e. The molecule has 2 atom stereocenters. The molecule has 2 heterocycles. The van der Waals surface area contributed by atoms with E-state index in [2.05, 4.69) is 31.2 Å². The van der Waals surface area contributed by atoms with Crippen LogP contribution in [0.25, 0.3) is 0 Å². The molecule has 0 bridgehead atoms. The molecule has 0 N–H and O–H groups in total. The number of ether oxygens (including phenoxy) is 2. The van der Waals surface area contributed by atoms with Crippen molar-refractivity contribution < 1.29 is 19.1 Å². The molecule has 0 aliphatic carbocycles. The molecule has 6 heteroatoms. The van der Waals surface area contributed by atoms with Crippen LogP contribution < -0.4 is 4.74 Å². The Labute approximate surface area is 212 Å². The standard InChI is InChI=1S/C30H32N2O4/c1-21-7-6-10-25(19-21)28-27-20-26(36-22(2)29(33)31-15-17-35-18-16-31)12-11-23(27)13-14-32(28)30(34)24-8-4-3-5-9-24/h3-12,19-20,22,28H,13-18H2,1-2H3. The monoisotopic (exact) mass is 484 g/mol. The van der Waals surface area contributed by atoms with E-state index in [4.69, 9.17) is 9.47 Å². The first-order valence-corrected chi connectivity index (χ1v) is 12.6. The molecule has 0 radical (unpaired) electrons. The first-order valence-electron chi connectivity index (χ1n) is 12.6. The number of carbonyl (C=O) groups is 2. The molecule has 0 aromatic heterocycles. The highest BCUT2D eigenvalue weighted by atomic mass is 16.5. The lowest BCUT2D eigenvalue weighted by Gasteiger charge is -2.38. The molecule has 36 heavy (non-hydrogen) atoms. The maximum absolute atomic E-state index is 13.6. The van der Waals surface area contributed by atoms with Gasteiger partial charge in [-0.05, 0) is 61.2 Å². The van der Waals surface area contributed by atoms with Gasteiger partial charge in [-0.2, -0.15) is 0 Å². The third-order valence-electron chi connectivity index (χ3n) is 6.97. The minimum absolute atomic E-state index is 0.00920. The molecule has 6 nitrogen and oxygen atoms in total. The lowest BCUT2D eigenvalue weighted by Crippen LogP contribution is -2.46. The third kappa shape index (κ3) is 5.00. The predicted molar refractivity (Wildman–Crippen MR) is 138 cm³/mol. The van der Waals surface area contributed by atoms with Crippen molar-refractivity contribution in [2.75, 3.05) is 32.8 Å². The second-order valence-electron chi connectivity index (χ2n) is 9.49. The summed E-state index contributed by atoms with van der Waals surface area (Å²) in [7, 11) is 0. The van der Waals surface area contributed by atoms with Gasteiger partial charge in [-0.3, -0.25) is 9.59 Å². The summed E-state index contributed by atoms with van der Waals surface area (Å²) < 4.78 is 11.5. The average molecular weight is 485 g/mol. The zero-order valence-electron chi connectivity index (χ0n) is 20.9. The molecule has 186 valence electrons. The average Bonchev–Trinajstić information content (AvgIpc) is 2.92. The first-order chi connectivity index (χ1) is 17.5. The number of carbonyl (C=O) groups excluding carboxylic acids is 2. The first kappa shape index (κ1) is 24.1. The minimum atomic E-state index is -0.607. The summed E-state index contributed by atoms with van der Waals surface area (Å²) in [4.78, 5) is 30.3. The number of morpholine rings is 1. The molecule has 0 saturated carbocycles. The maximum atomic E-state index is 13.6. The van der Waals surface area contributed by atoms with Crippen LogP contribution in [-0.2, 0) is 16.0 Å². The van der Waals surface area contributed by atoms with Gasteiger partial charge in [0.1, 0.15) is 5.75 Å². The number of amides is 2. The van der Waals surface area contributed by atoms with E-state index in [0.29, 0.717) is 44.2 Å². The van der Waals surface area contributed by atoms with Gasteiger partial charge in [-0.15, -0.1) is 0 Å². The summed E-state index contributed by atoms with van der Waals surface area (Å²) in [5, 5.41) is 0. The van der Waals surface area contributed by atoms with E-state index >= 15 is 0 Å². The Morgan fingerprint density at radius 3 is 2.47 bits per heavy atom. The van der Waals surface area contributed by atoms with Crippen LogP contribution in [0.4, 0.5) is 0 Å². The fraction of sp³-hybridized carbons (Fsp3) is 0.333. The Hall–Kier alpha value is -3.64. The van der Waals surface area contributed by atoms with Crippen LogP contribution in [0, 0.1) is 6.92 Å². The van der Waals surface area contributed by atoms with E-state index in [1.165, 1.54) is 5.56 Å². The van der Waals surface area contributed by atoms with E-state index in [0.717, 1.165) is 23.1 Å². The smallest absolute Gasteiger partial charge is 0.263 e. The Balaban J connectivity index is 1.47. The highest BCUT2D eigenvalue weighted by molar-refractivity contribution is 5.95. The molecule has 0 spiro atoms. The Morgan fingerprint density at radius 2 is 1.72 bits per heavy atom.